The molecule has 3 heteroatoms. The van der Waals surface area contributed by atoms with Crippen LogP contribution in [0.4, 0.5) is 0 Å². The summed E-state index contributed by atoms with van der Waals surface area (Å²) < 4.78 is 2.05. The van der Waals surface area contributed by atoms with E-state index in [2.05, 4.69) is 47.2 Å². The van der Waals surface area contributed by atoms with Crippen molar-refractivity contribution in [1.29, 1.82) is 0 Å². The van der Waals surface area contributed by atoms with Gasteiger partial charge in [0.15, 0.2) is 5.52 Å². The minimum Gasteiger partial charge on any atom is -0.255 e. The molecule has 0 N–H and O–H groups in total. The maximum atomic E-state index is 4.64. The first-order valence-electron chi connectivity index (χ1n) is 6.67. The van der Waals surface area contributed by atoms with Crippen LogP contribution in [-0.2, 0) is 7.05 Å². The molecule has 0 saturated carbocycles. The first kappa shape index (κ1) is 11.3. The van der Waals surface area contributed by atoms with Gasteiger partial charge in [-0.05, 0) is 29.4 Å². The van der Waals surface area contributed by atoms with Crippen molar-refractivity contribution in [3.63, 3.8) is 0 Å². The Hall–Kier alpha value is -2.55. The molecule has 4 aromatic rings. The van der Waals surface area contributed by atoms with Crippen molar-refractivity contribution >= 4 is 32.6 Å². The molecule has 4 rings (SSSR count). The number of nitrogens with zero attached hydrogens (tertiary/aromatic N) is 3. The van der Waals surface area contributed by atoms with Gasteiger partial charge >= 0.3 is 0 Å². The first-order chi connectivity index (χ1) is 9.75. The van der Waals surface area contributed by atoms with Gasteiger partial charge in [-0.15, -0.1) is 0 Å². The lowest BCUT2D eigenvalue weighted by Crippen LogP contribution is -2.32. The Kier molecular flexibility index (Phi) is 2.24. The zero-order chi connectivity index (χ0) is 13.7. The number of fused-ring (bicyclic) bond motifs is 5. The fourth-order valence-electron chi connectivity index (χ4n) is 2.78. The summed E-state index contributed by atoms with van der Waals surface area (Å²) in [6.07, 6.45) is 3.80. The summed E-state index contributed by atoms with van der Waals surface area (Å²) in [5, 5.41) is 4.69. The molecule has 2 heterocycles. The first-order valence-corrected chi connectivity index (χ1v) is 6.67. The Bertz CT molecular complexity index is 974. The monoisotopic (exact) mass is 260 g/mol. The van der Waals surface area contributed by atoms with Crippen molar-refractivity contribution in [2.75, 3.05) is 0 Å². The Morgan fingerprint density at radius 3 is 2.70 bits per heavy atom. The normalized spacial score (nSPS) is 11.5. The summed E-state index contributed by atoms with van der Waals surface area (Å²) in [5.41, 5.74) is 3.24. The van der Waals surface area contributed by atoms with E-state index < -0.39 is 0 Å². The largest absolute Gasteiger partial charge is 0.286 e. The molecule has 0 fully saturated rings. The van der Waals surface area contributed by atoms with Crippen molar-refractivity contribution < 1.29 is 4.57 Å². The van der Waals surface area contributed by atoms with Gasteiger partial charge in [0.05, 0.1) is 23.3 Å². The topological polar surface area (TPSA) is 29.7 Å². The molecule has 0 spiro atoms. The van der Waals surface area contributed by atoms with E-state index in [1.54, 1.807) is 0 Å². The highest BCUT2D eigenvalue weighted by Crippen LogP contribution is 2.29. The summed E-state index contributed by atoms with van der Waals surface area (Å²) in [6.45, 7) is 2.12. The van der Waals surface area contributed by atoms with Gasteiger partial charge in [-0.3, -0.25) is 4.98 Å². The van der Waals surface area contributed by atoms with Crippen LogP contribution in [0, 0.1) is 6.92 Å². The SMILES string of the molecule is Cc1c2ccc3ncc4ccccc4c3c2nc[n+]1C. The van der Waals surface area contributed by atoms with Crippen molar-refractivity contribution in [1.82, 2.24) is 9.97 Å². The third kappa shape index (κ3) is 1.43. The second kappa shape index (κ2) is 3.97. The number of hydrogen-bond donors (Lipinski definition) is 0. The summed E-state index contributed by atoms with van der Waals surface area (Å²) >= 11 is 0. The van der Waals surface area contributed by atoms with E-state index in [1.165, 1.54) is 16.5 Å². The molecule has 2 aromatic heterocycles. The molecule has 3 nitrogen and oxygen atoms in total. The van der Waals surface area contributed by atoms with Crippen LogP contribution in [0.1, 0.15) is 5.69 Å². The molecule has 0 aliphatic carbocycles. The van der Waals surface area contributed by atoms with E-state index in [9.17, 15) is 0 Å². The summed E-state index contributed by atoms with van der Waals surface area (Å²) in [4.78, 5) is 9.21. The van der Waals surface area contributed by atoms with Crippen molar-refractivity contribution in [2.24, 2.45) is 7.05 Å². The standard InChI is InChI=1S/C17H14N3/c1-11-13-7-8-15-16(17(13)19-10-20(11)2)14-6-4-3-5-12(14)9-18-15/h3-10H,1-2H3/q+1. The fourth-order valence-corrected chi connectivity index (χ4v) is 2.78. The quantitative estimate of drug-likeness (QED) is 0.359. The fraction of sp³-hybridized carbons (Fsp3) is 0.118. The van der Waals surface area contributed by atoms with E-state index in [-0.39, 0.29) is 0 Å². The lowest BCUT2D eigenvalue weighted by molar-refractivity contribution is -0.679. The molecular weight excluding hydrogens is 246 g/mol. The number of aryl methyl sites for hydroxylation is 2. The highest BCUT2D eigenvalue weighted by atomic mass is 15.0. The second-order valence-electron chi connectivity index (χ2n) is 5.14. The average molecular weight is 260 g/mol. The van der Waals surface area contributed by atoms with Crippen LogP contribution in [0.2, 0.25) is 0 Å². The second-order valence-corrected chi connectivity index (χ2v) is 5.14. The zero-order valence-corrected chi connectivity index (χ0v) is 11.5. The Morgan fingerprint density at radius 1 is 0.950 bits per heavy atom. The highest BCUT2D eigenvalue weighted by molar-refractivity contribution is 6.17. The van der Waals surface area contributed by atoms with Gasteiger partial charge < -0.3 is 0 Å². The van der Waals surface area contributed by atoms with Gasteiger partial charge in [-0.1, -0.05) is 24.3 Å². The maximum Gasteiger partial charge on any atom is 0.286 e. The summed E-state index contributed by atoms with van der Waals surface area (Å²) in [6, 6.07) is 12.5. The molecule has 0 unspecified atom stereocenters. The van der Waals surface area contributed by atoms with Gasteiger partial charge in [0, 0.05) is 11.6 Å². The average Bonchev–Trinajstić information content (AvgIpc) is 2.50. The van der Waals surface area contributed by atoms with Crippen LogP contribution in [-0.4, -0.2) is 9.97 Å². The van der Waals surface area contributed by atoms with Gasteiger partial charge in [-0.2, -0.15) is 0 Å². The van der Waals surface area contributed by atoms with E-state index >= 15 is 0 Å². The van der Waals surface area contributed by atoms with Crippen LogP contribution < -0.4 is 4.57 Å². The molecule has 0 radical (unpaired) electrons. The maximum absolute atomic E-state index is 4.64. The third-order valence-corrected chi connectivity index (χ3v) is 4.01. The van der Waals surface area contributed by atoms with E-state index in [0.717, 1.165) is 21.8 Å². The molecule has 0 bridgehead atoms. The lowest BCUT2D eigenvalue weighted by atomic mass is 10.0. The number of benzene rings is 2. The lowest BCUT2D eigenvalue weighted by Gasteiger charge is -2.05. The summed E-state index contributed by atoms with van der Waals surface area (Å²) in [7, 11) is 2.02. The molecule has 2 aromatic carbocycles. The zero-order valence-electron chi connectivity index (χ0n) is 11.5. The van der Waals surface area contributed by atoms with Crippen molar-refractivity contribution in [2.45, 2.75) is 6.92 Å². The van der Waals surface area contributed by atoms with Crippen LogP contribution in [0.3, 0.4) is 0 Å². The van der Waals surface area contributed by atoms with Gasteiger partial charge in [0.2, 0.25) is 0 Å². The minimum absolute atomic E-state index is 0.997. The number of hydrogen-bond acceptors (Lipinski definition) is 2. The van der Waals surface area contributed by atoms with Crippen LogP contribution in [0.25, 0.3) is 32.6 Å². The van der Waals surface area contributed by atoms with Gasteiger partial charge in [0.25, 0.3) is 6.33 Å². The molecular formula is C17H14N3+. The predicted octanol–water partition coefficient (Wildman–Crippen LogP) is 3.07. The van der Waals surface area contributed by atoms with E-state index in [0.29, 0.717) is 0 Å². The molecule has 0 saturated heterocycles. The van der Waals surface area contributed by atoms with Crippen LogP contribution in [0.5, 0.6) is 0 Å². The van der Waals surface area contributed by atoms with Crippen LogP contribution in [0.15, 0.2) is 48.9 Å². The molecule has 20 heavy (non-hydrogen) atoms. The highest BCUT2D eigenvalue weighted by Gasteiger charge is 2.14. The molecule has 0 aliphatic heterocycles. The van der Waals surface area contributed by atoms with Crippen molar-refractivity contribution in [3.05, 3.63) is 54.6 Å². The number of rotatable bonds is 0. The summed E-state index contributed by atoms with van der Waals surface area (Å²) in [5.74, 6) is 0. The minimum atomic E-state index is 0.997. The number of pyridine rings is 1. The number of aromatic nitrogens is 3. The predicted molar refractivity (Wildman–Crippen MR) is 80.5 cm³/mol. The Morgan fingerprint density at radius 2 is 1.80 bits per heavy atom. The molecule has 96 valence electrons. The molecule has 0 aliphatic rings. The van der Waals surface area contributed by atoms with Crippen LogP contribution >= 0.6 is 0 Å². The smallest absolute Gasteiger partial charge is 0.255 e. The van der Waals surface area contributed by atoms with Crippen molar-refractivity contribution in [3.8, 4) is 0 Å². The molecule has 0 amide bonds. The third-order valence-electron chi connectivity index (χ3n) is 4.01. The Balaban J connectivity index is 2.34. The Labute approximate surface area is 116 Å². The van der Waals surface area contributed by atoms with Gasteiger partial charge in [-0.25, -0.2) is 4.57 Å². The van der Waals surface area contributed by atoms with E-state index in [4.69, 9.17) is 0 Å². The molecule has 0 atom stereocenters. The van der Waals surface area contributed by atoms with E-state index in [1.807, 2.05) is 30.2 Å². The van der Waals surface area contributed by atoms with Gasteiger partial charge in [0.1, 0.15) is 5.69 Å².